The smallest absolute Gasteiger partial charge is 0.222 e. The third kappa shape index (κ3) is 7.12. The Labute approximate surface area is 157 Å². The van der Waals surface area contributed by atoms with E-state index in [0.717, 1.165) is 19.3 Å². The van der Waals surface area contributed by atoms with Crippen LogP contribution in [0.1, 0.15) is 71.1 Å². The number of carbonyl (C=O) groups is 1. The van der Waals surface area contributed by atoms with Gasteiger partial charge in [0.1, 0.15) is 24.4 Å². The number of unbranched alkanes of at least 4 members (excludes halogenated alkanes) is 8. The molecule has 1 fully saturated rings. The molecule has 0 aromatic carbocycles. The number of hydrogen-bond acceptors (Lipinski definition) is 6. The molecular formula is C19H37NO6. The first-order valence-electron chi connectivity index (χ1n) is 10.00. The summed E-state index contributed by atoms with van der Waals surface area (Å²) in [5.41, 5.74) is 0. The second-order valence-electron chi connectivity index (χ2n) is 7.30. The molecule has 0 aliphatic carbocycles. The first-order chi connectivity index (χ1) is 12.4. The number of ether oxygens (including phenoxy) is 1. The van der Waals surface area contributed by atoms with Crippen LogP contribution in [-0.2, 0) is 9.53 Å². The van der Waals surface area contributed by atoms with Crippen LogP contribution in [0.4, 0.5) is 0 Å². The second-order valence-corrected chi connectivity index (χ2v) is 7.30. The van der Waals surface area contributed by atoms with Gasteiger partial charge in [0, 0.05) is 13.5 Å². The van der Waals surface area contributed by atoms with Gasteiger partial charge in [-0.3, -0.25) is 4.79 Å². The SMILES string of the molecule is CCCCCCCCCCCC(=O)N(C)[C@@H]1[C@@H](O)[C@H](O)[C@@H](CO)O[C@@H]1O. The molecular weight excluding hydrogens is 338 g/mol. The van der Waals surface area contributed by atoms with Crippen molar-refractivity contribution < 1.29 is 30.0 Å². The van der Waals surface area contributed by atoms with Gasteiger partial charge in [-0.1, -0.05) is 58.3 Å². The van der Waals surface area contributed by atoms with Crippen molar-refractivity contribution in [2.75, 3.05) is 13.7 Å². The van der Waals surface area contributed by atoms with E-state index in [1.807, 2.05) is 0 Å². The molecule has 5 atom stereocenters. The van der Waals surface area contributed by atoms with Gasteiger partial charge in [0.25, 0.3) is 0 Å². The van der Waals surface area contributed by atoms with E-state index in [1.54, 1.807) is 0 Å². The fourth-order valence-corrected chi connectivity index (χ4v) is 3.43. The number of carbonyl (C=O) groups excluding carboxylic acids is 1. The summed E-state index contributed by atoms with van der Waals surface area (Å²) in [7, 11) is 1.49. The van der Waals surface area contributed by atoms with Gasteiger partial charge in [0.05, 0.1) is 6.61 Å². The van der Waals surface area contributed by atoms with E-state index >= 15 is 0 Å². The number of likely N-dealkylation sites (N-methyl/N-ethyl adjacent to an activating group) is 1. The topological polar surface area (TPSA) is 110 Å². The van der Waals surface area contributed by atoms with Gasteiger partial charge in [-0.25, -0.2) is 0 Å². The van der Waals surface area contributed by atoms with E-state index in [-0.39, 0.29) is 5.91 Å². The highest BCUT2D eigenvalue weighted by molar-refractivity contribution is 5.76. The molecule has 154 valence electrons. The van der Waals surface area contributed by atoms with E-state index in [9.17, 15) is 20.1 Å². The zero-order valence-corrected chi connectivity index (χ0v) is 16.2. The van der Waals surface area contributed by atoms with E-state index < -0.39 is 37.3 Å². The first-order valence-corrected chi connectivity index (χ1v) is 10.00. The molecule has 0 saturated carbocycles. The Kier molecular flexibility index (Phi) is 11.3. The summed E-state index contributed by atoms with van der Waals surface area (Å²) in [6.07, 6.45) is 5.55. The average Bonchev–Trinajstić information content (AvgIpc) is 2.63. The van der Waals surface area contributed by atoms with E-state index in [1.165, 1.54) is 50.5 Å². The Morgan fingerprint density at radius 2 is 1.46 bits per heavy atom. The lowest BCUT2D eigenvalue weighted by atomic mass is 9.95. The van der Waals surface area contributed by atoms with E-state index in [2.05, 4.69) is 6.92 Å². The molecule has 0 aromatic rings. The van der Waals surface area contributed by atoms with Crippen LogP contribution in [0.5, 0.6) is 0 Å². The van der Waals surface area contributed by atoms with Gasteiger partial charge in [-0.2, -0.15) is 0 Å². The van der Waals surface area contributed by atoms with Crippen LogP contribution in [0.3, 0.4) is 0 Å². The third-order valence-corrected chi connectivity index (χ3v) is 5.20. The molecule has 1 amide bonds. The molecule has 4 N–H and O–H groups in total. The molecule has 1 aliphatic heterocycles. The normalized spacial score (nSPS) is 28.9. The summed E-state index contributed by atoms with van der Waals surface area (Å²) in [4.78, 5) is 13.6. The molecule has 1 heterocycles. The summed E-state index contributed by atoms with van der Waals surface area (Å²) < 4.78 is 5.10. The van der Waals surface area contributed by atoms with Crippen LogP contribution in [-0.4, -0.2) is 75.5 Å². The summed E-state index contributed by atoms with van der Waals surface area (Å²) in [6.45, 7) is 1.69. The number of aliphatic hydroxyl groups excluding tert-OH is 4. The van der Waals surface area contributed by atoms with Crippen molar-refractivity contribution in [3.8, 4) is 0 Å². The minimum atomic E-state index is -1.44. The Bertz CT molecular complexity index is 394. The standard InChI is InChI=1S/C19H37NO6/c1-3-4-5-6-7-8-9-10-11-12-15(22)20(2)16-18(24)17(23)14(13-21)26-19(16)25/h14,16-19,21,23-25H,3-13H2,1-2H3/t14-,16-,17-,18-,19+/m1/s1. The van der Waals surface area contributed by atoms with Crippen molar-refractivity contribution in [1.82, 2.24) is 4.90 Å². The molecule has 1 rings (SSSR count). The molecule has 7 heteroatoms. The predicted octanol–water partition coefficient (Wildman–Crippen LogP) is 1.17. The minimum Gasteiger partial charge on any atom is -0.394 e. The van der Waals surface area contributed by atoms with Crippen LogP contribution in [0.25, 0.3) is 0 Å². The zero-order chi connectivity index (χ0) is 19.5. The monoisotopic (exact) mass is 375 g/mol. The quantitative estimate of drug-likeness (QED) is 0.381. The number of aliphatic hydroxyl groups is 4. The highest BCUT2D eigenvalue weighted by Crippen LogP contribution is 2.24. The van der Waals surface area contributed by atoms with Gasteiger partial charge in [-0.15, -0.1) is 0 Å². The summed E-state index contributed by atoms with van der Waals surface area (Å²) in [5, 5.41) is 39.2. The van der Waals surface area contributed by atoms with Crippen LogP contribution >= 0.6 is 0 Å². The predicted molar refractivity (Wildman–Crippen MR) is 98.4 cm³/mol. The Morgan fingerprint density at radius 1 is 0.923 bits per heavy atom. The molecule has 0 spiro atoms. The molecule has 1 saturated heterocycles. The molecule has 0 aromatic heterocycles. The van der Waals surface area contributed by atoms with Gasteiger partial charge in [0.15, 0.2) is 6.29 Å². The molecule has 0 bridgehead atoms. The van der Waals surface area contributed by atoms with Gasteiger partial charge >= 0.3 is 0 Å². The Hall–Kier alpha value is -0.730. The summed E-state index contributed by atoms with van der Waals surface area (Å²) in [6, 6.07) is -1.04. The Morgan fingerprint density at radius 3 is 2.00 bits per heavy atom. The fourth-order valence-electron chi connectivity index (χ4n) is 3.43. The molecule has 26 heavy (non-hydrogen) atoms. The molecule has 1 aliphatic rings. The van der Waals surface area contributed by atoms with Gasteiger partial charge in [-0.05, 0) is 6.42 Å². The maximum Gasteiger partial charge on any atom is 0.222 e. The van der Waals surface area contributed by atoms with Crippen molar-refractivity contribution in [3.63, 3.8) is 0 Å². The molecule has 0 radical (unpaired) electrons. The maximum absolute atomic E-state index is 12.3. The number of hydrogen-bond donors (Lipinski definition) is 4. The highest BCUT2D eigenvalue weighted by atomic mass is 16.6. The lowest BCUT2D eigenvalue weighted by molar-refractivity contribution is -0.268. The van der Waals surface area contributed by atoms with Crippen LogP contribution < -0.4 is 0 Å². The maximum atomic E-state index is 12.3. The first kappa shape index (κ1) is 23.3. The van der Waals surface area contributed by atoms with Crippen molar-refractivity contribution in [3.05, 3.63) is 0 Å². The number of rotatable bonds is 12. The molecule has 0 unspecified atom stereocenters. The van der Waals surface area contributed by atoms with Crippen LogP contribution in [0, 0.1) is 0 Å². The summed E-state index contributed by atoms with van der Waals surface area (Å²) in [5.74, 6) is -0.200. The molecule has 7 nitrogen and oxygen atoms in total. The average molecular weight is 376 g/mol. The minimum absolute atomic E-state index is 0.200. The lowest BCUT2D eigenvalue weighted by Crippen LogP contribution is -2.64. The highest BCUT2D eigenvalue weighted by Gasteiger charge is 2.46. The van der Waals surface area contributed by atoms with Crippen LogP contribution in [0.2, 0.25) is 0 Å². The Balaban J connectivity index is 2.27. The van der Waals surface area contributed by atoms with Gasteiger partial charge in [0.2, 0.25) is 5.91 Å². The van der Waals surface area contributed by atoms with Crippen molar-refractivity contribution in [2.45, 2.75) is 102 Å². The second kappa shape index (κ2) is 12.6. The van der Waals surface area contributed by atoms with E-state index in [4.69, 9.17) is 9.84 Å². The zero-order valence-electron chi connectivity index (χ0n) is 16.2. The van der Waals surface area contributed by atoms with Crippen molar-refractivity contribution in [2.24, 2.45) is 0 Å². The lowest BCUT2D eigenvalue weighted by Gasteiger charge is -2.43. The summed E-state index contributed by atoms with van der Waals surface area (Å²) >= 11 is 0. The third-order valence-electron chi connectivity index (χ3n) is 5.20. The largest absolute Gasteiger partial charge is 0.394 e. The van der Waals surface area contributed by atoms with Crippen molar-refractivity contribution in [1.29, 1.82) is 0 Å². The van der Waals surface area contributed by atoms with E-state index in [0.29, 0.717) is 6.42 Å². The number of amides is 1. The number of nitrogens with zero attached hydrogens (tertiary/aromatic N) is 1. The van der Waals surface area contributed by atoms with Crippen LogP contribution in [0.15, 0.2) is 0 Å². The fraction of sp³-hybridized carbons (Fsp3) is 0.947. The van der Waals surface area contributed by atoms with Crippen molar-refractivity contribution >= 4 is 5.91 Å². The van der Waals surface area contributed by atoms with Gasteiger partial charge < -0.3 is 30.1 Å².